The van der Waals surface area contributed by atoms with E-state index in [1.54, 1.807) is 4.90 Å². The molecule has 1 aliphatic rings. The fourth-order valence-electron chi connectivity index (χ4n) is 3.68. The van der Waals surface area contributed by atoms with Crippen molar-refractivity contribution >= 4 is 24.5 Å². The first-order valence-electron chi connectivity index (χ1n) is 12.3. The number of amides is 1. The maximum absolute atomic E-state index is 12.3. The number of likely N-dealkylation sites (tertiary alicyclic amines) is 1. The minimum atomic E-state index is -0.491. The molecule has 1 amide bonds. The minimum absolute atomic E-state index is 0.0174. The highest BCUT2D eigenvalue weighted by molar-refractivity contribution is 5.71. The Kier molecular flexibility index (Phi) is 15.8. The van der Waals surface area contributed by atoms with Gasteiger partial charge < -0.3 is 23.8 Å². The molecule has 1 heterocycles. The van der Waals surface area contributed by atoms with Gasteiger partial charge in [0.25, 0.3) is 6.47 Å². The molecule has 190 valence electrons. The van der Waals surface area contributed by atoms with E-state index in [0.717, 1.165) is 38.5 Å². The first-order chi connectivity index (χ1) is 16.0. The Bertz CT molecular complexity index is 583. The highest BCUT2D eigenvalue weighted by Crippen LogP contribution is 2.19. The van der Waals surface area contributed by atoms with Crippen LogP contribution in [0.2, 0.25) is 0 Å². The zero-order valence-corrected chi connectivity index (χ0v) is 20.3. The van der Waals surface area contributed by atoms with Crippen molar-refractivity contribution in [3.05, 3.63) is 0 Å². The van der Waals surface area contributed by atoms with Crippen LogP contribution in [0.4, 0.5) is 4.79 Å². The lowest BCUT2D eigenvalue weighted by atomic mass is 10.1. The van der Waals surface area contributed by atoms with Gasteiger partial charge in [-0.3, -0.25) is 14.4 Å². The summed E-state index contributed by atoms with van der Waals surface area (Å²) in [5.41, 5.74) is 0. The summed E-state index contributed by atoms with van der Waals surface area (Å²) in [6.45, 7) is 5.35. The van der Waals surface area contributed by atoms with E-state index < -0.39 is 11.9 Å². The molecule has 0 aromatic rings. The first kappa shape index (κ1) is 28.7. The van der Waals surface area contributed by atoms with Gasteiger partial charge in [-0.05, 0) is 25.7 Å². The second-order valence-electron chi connectivity index (χ2n) is 8.49. The number of rotatable bonds is 18. The molecular weight excluding hydrogens is 430 g/mol. The lowest BCUT2D eigenvalue weighted by Crippen LogP contribution is -2.39. The number of esters is 2. The molecule has 1 rings (SSSR count). The van der Waals surface area contributed by atoms with Crippen molar-refractivity contribution in [1.82, 2.24) is 4.90 Å². The molecule has 1 saturated heterocycles. The van der Waals surface area contributed by atoms with E-state index in [1.165, 1.54) is 19.3 Å². The van der Waals surface area contributed by atoms with Gasteiger partial charge in [-0.1, -0.05) is 46.0 Å². The van der Waals surface area contributed by atoms with Gasteiger partial charge >= 0.3 is 18.0 Å². The summed E-state index contributed by atoms with van der Waals surface area (Å²) in [6.07, 6.45) is 8.65. The predicted octanol–water partition coefficient (Wildman–Crippen LogP) is 4.01. The van der Waals surface area contributed by atoms with Crippen LogP contribution >= 0.6 is 0 Å². The zero-order valence-electron chi connectivity index (χ0n) is 20.3. The number of ether oxygens (including phenoxy) is 4. The van der Waals surface area contributed by atoms with Crippen LogP contribution in [0.3, 0.4) is 0 Å². The van der Waals surface area contributed by atoms with Gasteiger partial charge in [0.05, 0.1) is 32.3 Å². The largest absolute Gasteiger partial charge is 0.467 e. The topological polar surface area (TPSA) is 108 Å². The zero-order chi connectivity index (χ0) is 24.3. The van der Waals surface area contributed by atoms with Crippen LogP contribution in [0.5, 0.6) is 0 Å². The molecule has 0 aromatic carbocycles. The number of hydrogen-bond donors (Lipinski definition) is 0. The highest BCUT2D eigenvalue weighted by Gasteiger charge is 2.31. The molecule has 0 radical (unpaired) electrons. The maximum Gasteiger partial charge on any atom is 0.410 e. The number of carbonyl (C=O) groups is 4. The van der Waals surface area contributed by atoms with Crippen LogP contribution in [-0.2, 0) is 33.3 Å². The summed E-state index contributed by atoms with van der Waals surface area (Å²) in [5.74, 6) is -1.29. The second-order valence-corrected chi connectivity index (χ2v) is 8.49. The van der Waals surface area contributed by atoms with Crippen molar-refractivity contribution < 1.29 is 38.1 Å². The maximum atomic E-state index is 12.3. The molecule has 2 unspecified atom stereocenters. The third-order valence-electron chi connectivity index (χ3n) is 5.55. The second kappa shape index (κ2) is 18.1. The van der Waals surface area contributed by atoms with Gasteiger partial charge in [-0.15, -0.1) is 0 Å². The standard InChI is InChI=1S/C24H41NO8/c1-3-5-6-7-8-9-12-22(27)32-17-20(16-30-19-26)15-23(28)33-18-21-11-10-13-25(21)24(29)31-14-4-2/h19-21H,3-18H2,1-2H3. The Morgan fingerprint density at radius 2 is 1.70 bits per heavy atom. The van der Waals surface area contributed by atoms with Crippen molar-refractivity contribution in [3.8, 4) is 0 Å². The number of unbranched alkanes of at least 4 members (excludes halogenated alkanes) is 5. The summed E-state index contributed by atoms with van der Waals surface area (Å²) in [6, 6.07) is -0.210. The van der Waals surface area contributed by atoms with Crippen molar-refractivity contribution in [2.24, 2.45) is 5.92 Å². The van der Waals surface area contributed by atoms with Gasteiger partial charge in [0.2, 0.25) is 0 Å². The van der Waals surface area contributed by atoms with Crippen LogP contribution in [0.1, 0.15) is 84.5 Å². The molecule has 9 heteroatoms. The predicted molar refractivity (Wildman–Crippen MR) is 121 cm³/mol. The Labute approximate surface area is 197 Å². The molecule has 33 heavy (non-hydrogen) atoms. The summed E-state index contributed by atoms with van der Waals surface area (Å²) >= 11 is 0. The van der Waals surface area contributed by atoms with Crippen molar-refractivity contribution in [2.45, 2.75) is 90.5 Å². The van der Waals surface area contributed by atoms with Crippen LogP contribution in [0, 0.1) is 5.92 Å². The van der Waals surface area contributed by atoms with E-state index in [9.17, 15) is 19.2 Å². The number of hydrogen-bond acceptors (Lipinski definition) is 8. The average Bonchev–Trinajstić information content (AvgIpc) is 3.29. The SMILES string of the molecule is CCCCCCCCC(=O)OCC(COC=O)CC(=O)OCC1CCCN1C(=O)OCCC. The van der Waals surface area contributed by atoms with Crippen molar-refractivity contribution in [1.29, 1.82) is 0 Å². The van der Waals surface area contributed by atoms with Crippen LogP contribution < -0.4 is 0 Å². The Morgan fingerprint density at radius 1 is 0.939 bits per heavy atom. The smallest absolute Gasteiger partial charge is 0.410 e. The summed E-state index contributed by atoms with van der Waals surface area (Å²) < 4.78 is 20.6. The van der Waals surface area contributed by atoms with E-state index in [0.29, 0.717) is 26.0 Å². The van der Waals surface area contributed by atoms with E-state index in [4.69, 9.17) is 18.9 Å². The van der Waals surface area contributed by atoms with Gasteiger partial charge in [0.1, 0.15) is 6.61 Å². The number of nitrogens with zero attached hydrogens (tertiary/aromatic N) is 1. The third kappa shape index (κ3) is 13.1. The number of carbonyl (C=O) groups excluding carboxylic acids is 4. The van der Waals surface area contributed by atoms with Crippen LogP contribution in [-0.4, -0.2) is 68.4 Å². The Hall–Kier alpha value is -2.32. The molecule has 1 fully saturated rings. The lowest BCUT2D eigenvalue weighted by molar-refractivity contribution is -0.152. The van der Waals surface area contributed by atoms with E-state index in [1.807, 2.05) is 6.92 Å². The van der Waals surface area contributed by atoms with E-state index in [-0.39, 0.29) is 44.3 Å². The molecule has 0 spiro atoms. The van der Waals surface area contributed by atoms with Gasteiger partial charge in [-0.2, -0.15) is 0 Å². The molecule has 0 aromatic heterocycles. The van der Waals surface area contributed by atoms with Gasteiger partial charge in [-0.25, -0.2) is 4.79 Å². The molecule has 2 atom stereocenters. The molecule has 1 aliphatic heterocycles. The van der Waals surface area contributed by atoms with E-state index >= 15 is 0 Å². The first-order valence-corrected chi connectivity index (χ1v) is 12.3. The minimum Gasteiger partial charge on any atom is -0.467 e. The average molecular weight is 472 g/mol. The lowest BCUT2D eigenvalue weighted by Gasteiger charge is -2.24. The molecular formula is C24H41NO8. The Balaban J connectivity index is 2.35. The normalized spacial score (nSPS) is 16.2. The monoisotopic (exact) mass is 471 g/mol. The van der Waals surface area contributed by atoms with Gasteiger partial charge in [0.15, 0.2) is 0 Å². The van der Waals surface area contributed by atoms with Gasteiger partial charge in [0, 0.05) is 18.9 Å². The quantitative estimate of drug-likeness (QED) is 0.128. The molecule has 0 aliphatic carbocycles. The van der Waals surface area contributed by atoms with Crippen molar-refractivity contribution in [2.75, 3.05) is 33.0 Å². The summed E-state index contributed by atoms with van der Waals surface area (Å²) in [5, 5.41) is 0. The molecule has 0 bridgehead atoms. The van der Waals surface area contributed by atoms with E-state index in [2.05, 4.69) is 6.92 Å². The molecule has 0 saturated carbocycles. The summed E-state index contributed by atoms with van der Waals surface area (Å²) in [7, 11) is 0. The highest BCUT2D eigenvalue weighted by atomic mass is 16.6. The molecule has 9 nitrogen and oxygen atoms in total. The van der Waals surface area contributed by atoms with Crippen LogP contribution in [0.25, 0.3) is 0 Å². The van der Waals surface area contributed by atoms with Crippen LogP contribution in [0.15, 0.2) is 0 Å². The fraction of sp³-hybridized carbons (Fsp3) is 0.833. The Morgan fingerprint density at radius 3 is 2.42 bits per heavy atom. The van der Waals surface area contributed by atoms with Crippen molar-refractivity contribution in [3.63, 3.8) is 0 Å². The fourth-order valence-corrected chi connectivity index (χ4v) is 3.68. The third-order valence-corrected chi connectivity index (χ3v) is 5.55. The molecule has 0 N–H and O–H groups in total. The summed E-state index contributed by atoms with van der Waals surface area (Å²) in [4.78, 5) is 48.6.